The molecule has 20 heavy (non-hydrogen) atoms. The van der Waals surface area contributed by atoms with Gasteiger partial charge in [-0.05, 0) is 49.3 Å². The standard InChI is InChI=1S/C14H17N3O2S/c1-2-12(18)15-10-5-7-11(8-6-10)16-14(20)17-13(19)9-3-4-9/h5-9H,2-4H2,1H3,(H,15,18)(H2,16,17,19,20). The van der Waals surface area contributed by atoms with Crippen LogP contribution >= 0.6 is 12.2 Å². The lowest BCUT2D eigenvalue weighted by molar-refractivity contribution is -0.120. The number of amides is 2. The Balaban J connectivity index is 1.84. The van der Waals surface area contributed by atoms with Gasteiger partial charge in [-0.2, -0.15) is 0 Å². The van der Waals surface area contributed by atoms with Crippen LogP contribution in [0.15, 0.2) is 24.3 Å². The fourth-order valence-corrected chi connectivity index (χ4v) is 1.83. The van der Waals surface area contributed by atoms with Crippen molar-refractivity contribution >= 4 is 40.5 Å². The van der Waals surface area contributed by atoms with E-state index in [1.807, 2.05) is 0 Å². The van der Waals surface area contributed by atoms with E-state index in [1.165, 1.54) is 0 Å². The van der Waals surface area contributed by atoms with E-state index >= 15 is 0 Å². The number of benzene rings is 1. The Morgan fingerprint density at radius 1 is 1.15 bits per heavy atom. The smallest absolute Gasteiger partial charge is 0.229 e. The third-order valence-electron chi connectivity index (χ3n) is 2.93. The Labute approximate surface area is 123 Å². The summed E-state index contributed by atoms with van der Waals surface area (Å²) in [6.45, 7) is 1.80. The number of hydrogen-bond donors (Lipinski definition) is 3. The predicted molar refractivity (Wildman–Crippen MR) is 82.5 cm³/mol. The summed E-state index contributed by atoms with van der Waals surface area (Å²) >= 11 is 5.07. The molecule has 0 atom stereocenters. The molecular formula is C14H17N3O2S. The second kappa shape index (κ2) is 6.47. The molecule has 1 fully saturated rings. The first-order valence-corrected chi connectivity index (χ1v) is 7.01. The molecule has 1 aliphatic rings. The molecule has 0 spiro atoms. The number of anilines is 2. The zero-order valence-electron chi connectivity index (χ0n) is 11.2. The molecule has 0 bridgehead atoms. The fraction of sp³-hybridized carbons (Fsp3) is 0.357. The van der Waals surface area contributed by atoms with Crippen molar-refractivity contribution in [3.8, 4) is 0 Å². The highest BCUT2D eigenvalue weighted by Gasteiger charge is 2.29. The molecule has 0 heterocycles. The molecular weight excluding hydrogens is 274 g/mol. The summed E-state index contributed by atoms with van der Waals surface area (Å²) < 4.78 is 0. The van der Waals surface area contributed by atoms with Crippen LogP contribution < -0.4 is 16.0 Å². The van der Waals surface area contributed by atoms with E-state index in [9.17, 15) is 9.59 Å². The van der Waals surface area contributed by atoms with Gasteiger partial charge in [-0.3, -0.25) is 9.59 Å². The van der Waals surface area contributed by atoms with Gasteiger partial charge in [0.25, 0.3) is 0 Å². The second-order valence-electron chi connectivity index (χ2n) is 4.70. The van der Waals surface area contributed by atoms with Crippen LogP contribution in [0.25, 0.3) is 0 Å². The molecule has 0 aliphatic heterocycles. The van der Waals surface area contributed by atoms with Crippen molar-refractivity contribution in [3.05, 3.63) is 24.3 Å². The lowest BCUT2D eigenvalue weighted by atomic mass is 10.2. The molecule has 2 amide bonds. The highest BCUT2D eigenvalue weighted by molar-refractivity contribution is 7.80. The Kier molecular flexibility index (Phi) is 4.68. The van der Waals surface area contributed by atoms with Gasteiger partial charge in [-0.25, -0.2) is 0 Å². The first kappa shape index (κ1) is 14.5. The van der Waals surface area contributed by atoms with Crippen LogP contribution in [0, 0.1) is 5.92 Å². The van der Waals surface area contributed by atoms with E-state index in [4.69, 9.17) is 12.2 Å². The largest absolute Gasteiger partial charge is 0.332 e. The summed E-state index contributed by atoms with van der Waals surface area (Å²) in [5.41, 5.74) is 1.50. The summed E-state index contributed by atoms with van der Waals surface area (Å²) in [5, 5.41) is 8.65. The predicted octanol–water partition coefficient (Wildman–Crippen LogP) is 2.26. The summed E-state index contributed by atoms with van der Waals surface area (Å²) in [4.78, 5) is 22.8. The molecule has 0 unspecified atom stereocenters. The molecule has 0 aromatic heterocycles. The third-order valence-corrected chi connectivity index (χ3v) is 3.14. The van der Waals surface area contributed by atoms with Crippen molar-refractivity contribution in [1.29, 1.82) is 0 Å². The van der Waals surface area contributed by atoms with E-state index < -0.39 is 0 Å². The third kappa shape index (κ3) is 4.31. The SMILES string of the molecule is CCC(=O)Nc1ccc(NC(=S)NC(=O)C2CC2)cc1. The molecule has 5 nitrogen and oxygen atoms in total. The zero-order valence-corrected chi connectivity index (χ0v) is 12.0. The van der Waals surface area contributed by atoms with E-state index in [0.29, 0.717) is 11.5 Å². The van der Waals surface area contributed by atoms with Crippen molar-refractivity contribution in [1.82, 2.24) is 5.32 Å². The van der Waals surface area contributed by atoms with Crippen molar-refractivity contribution in [2.24, 2.45) is 5.92 Å². The van der Waals surface area contributed by atoms with Gasteiger partial charge in [0.05, 0.1) is 0 Å². The highest BCUT2D eigenvalue weighted by Crippen LogP contribution is 2.28. The maximum Gasteiger partial charge on any atom is 0.229 e. The van der Waals surface area contributed by atoms with Crippen molar-refractivity contribution in [2.45, 2.75) is 26.2 Å². The van der Waals surface area contributed by atoms with E-state index in [1.54, 1.807) is 31.2 Å². The van der Waals surface area contributed by atoms with Gasteiger partial charge in [0, 0.05) is 23.7 Å². The molecule has 2 rings (SSSR count). The zero-order chi connectivity index (χ0) is 14.5. The molecule has 6 heteroatoms. The maximum absolute atomic E-state index is 11.5. The molecule has 106 valence electrons. The van der Waals surface area contributed by atoms with Gasteiger partial charge < -0.3 is 16.0 Å². The van der Waals surface area contributed by atoms with E-state index in [0.717, 1.165) is 24.2 Å². The number of rotatable bonds is 4. The number of hydrogen-bond acceptors (Lipinski definition) is 3. The van der Waals surface area contributed by atoms with Gasteiger partial charge in [-0.1, -0.05) is 6.92 Å². The Morgan fingerprint density at radius 2 is 1.70 bits per heavy atom. The van der Waals surface area contributed by atoms with Crippen molar-refractivity contribution in [3.63, 3.8) is 0 Å². The number of thiocarbonyl (C=S) groups is 1. The van der Waals surface area contributed by atoms with Crippen LogP contribution in [-0.4, -0.2) is 16.9 Å². The summed E-state index contributed by atoms with van der Waals surface area (Å²) in [7, 11) is 0. The van der Waals surface area contributed by atoms with E-state index in [-0.39, 0.29) is 17.7 Å². The Bertz CT molecular complexity index is 524. The molecule has 3 N–H and O–H groups in total. The molecule has 0 saturated heterocycles. The molecule has 1 aromatic carbocycles. The van der Waals surface area contributed by atoms with E-state index in [2.05, 4.69) is 16.0 Å². The van der Waals surface area contributed by atoms with Crippen LogP contribution in [-0.2, 0) is 9.59 Å². The Morgan fingerprint density at radius 3 is 2.20 bits per heavy atom. The van der Waals surface area contributed by atoms with Gasteiger partial charge in [0.1, 0.15) is 0 Å². The molecule has 0 radical (unpaired) electrons. The first-order valence-electron chi connectivity index (χ1n) is 6.60. The molecule has 1 aliphatic carbocycles. The van der Waals surface area contributed by atoms with Gasteiger partial charge in [0.2, 0.25) is 11.8 Å². The van der Waals surface area contributed by atoms with Gasteiger partial charge >= 0.3 is 0 Å². The maximum atomic E-state index is 11.5. The highest BCUT2D eigenvalue weighted by atomic mass is 32.1. The van der Waals surface area contributed by atoms with Crippen molar-refractivity contribution in [2.75, 3.05) is 10.6 Å². The first-order chi connectivity index (χ1) is 9.58. The fourth-order valence-electron chi connectivity index (χ4n) is 1.61. The summed E-state index contributed by atoms with van der Waals surface area (Å²) in [6.07, 6.45) is 2.33. The lowest BCUT2D eigenvalue weighted by Gasteiger charge is -2.10. The number of nitrogens with one attached hydrogen (secondary N) is 3. The normalized spacial score (nSPS) is 13.4. The van der Waals surface area contributed by atoms with Gasteiger partial charge in [-0.15, -0.1) is 0 Å². The van der Waals surface area contributed by atoms with Crippen LogP contribution in [0.1, 0.15) is 26.2 Å². The Hall–Kier alpha value is -1.95. The minimum atomic E-state index is -0.0297. The summed E-state index contributed by atoms with van der Waals surface area (Å²) in [6, 6.07) is 7.14. The van der Waals surface area contributed by atoms with Gasteiger partial charge in [0.15, 0.2) is 5.11 Å². The minimum absolute atomic E-state index is 0.0191. The average molecular weight is 291 g/mol. The average Bonchev–Trinajstić information content (AvgIpc) is 3.25. The number of carbonyl (C=O) groups is 2. The molecule has 1 saturated carbocycles. The quantitative estimate of drug-likeness (QED) is 0.744. The van der Waals surface area contributed by atoms with Crippen LogP contribution in [0.5, 0.6) is 0 Å². The lowest BCUT2D eigenvalue weighted by Crippen LogP contribution is -2.35. The van der Waals surface area contributed by atoms with Crippen LogP contribution in [0.4, 0.5) is 11.4 Å². The van der Waals surface area contributed by atoms with Crippen molar-refractivity contribution < 1.29 is 9.59 Å². The minimum Gasteiger partial charge on any atom is -0.332 e. The van der Waals surface area contributed by atoms with Crippen LogP contribution in [0.2, 0.25) is 0 Å². The second-order valence-corrected chi connectivity index (χ2v) is 5.10. The van der Waals surface area contributed by atoms with Crippen LogP contribution in [0.3, 0.4) is 0 Å². The summed E-state index contributed by atoms with van der Waals surface area (Å²) in [5.74, 6) is 0.0774. The monoisotopic (exact) mass is 291 g/mol. The molecule has 1 aromatic rings. The topological polar surface area (TPSA) is 70.2 Å². The number of carbonyl (C=O) groups excluding carboxylic acids is 2.